The number of hydrogen-bond donors (Lipinski definition) is 2. The first-order chi connectivity index (χ1) is 14.1. The minimum absolute atomic E-state index is 0.0440. The standard InChI is InChI=1S/C22H17BrN2O3S/c23-20-10-9-18(28-20)22(27)25-16-7-5-14(6-8-16)11-21(26)24-12-15-13-29-19-4-2-1-3-17(15)19/h1-10,13H,11-12H2,(H,24,26)(H,25,27). The molecule has 29 heavy (non-hydrogen) atoms. The van der Waals surface area contributed by atoms with E-state index in [0.29, 0.717) is 16.9 Å². The lowest BCUT2D eigenvalue weighted by atomic mass is 10.1. The summed E-state index contributed by atoms with van der Waals surface area (Å²) in [4.78, 5) is 24.4. The summed E-state index contributed by atoms with van der Waals surface area (Å²) in [5.74, 6) is -0.150. The highest BCUT2D eigenvalue weighted by Crippen LogP contribution is 2.25. The first-order valence-corrected chi connectivity index (χ1v) is 10.6. The lowest BCUT2D eigenvalue weighted by Crippen LogP contribution is -2.24. The molecule has 2 aromatic heterocycles. The van der Waals surface area contributed by atoms with E-state index in [4.69, 9.17) is 4.42 Å². The largest absolute Gasteiger partial charge is 0.444 e. The number of benzene rings is 2. The molecule has 0 spiro atoms. The molecular weight excluding hydrogens is 452 g/mol. The summed E-state index contributed by atoms with van der Waals surface area (Å²) >= 11 is 4.85. The fraction of sp³-hybridized carbons (Fsp3) is 0.0909. The van der Waals surface area contributed by atoms with Gasteiger partial charge in [0.05, 0.1) is 6.42 Å². The number of amides is 2. The first kappa shape index (κ1) is 19.4. The number of carbonyl (C=O) groups is 2. The average Bonchev–Trinajstić information content (AvgIpc) is 3.34. The van der Waals surface area contributed by atoms with Crippen molar-refractivity contribution < 1.29 is 14.0 Å². The zero-order chi connectivity index (χ0) is 20.2. The minimum atomic E-state index is -0.329. The summed E-state index contributed by atoms with van der Waals surface area (Å²) in [6.45, 7) is 0.510. The Labute approximate surface area is 179 Å². The molecule has 0 saturated carbocycles. The Morgan fingerprint density at radius 1 is 1.00 bits per heavy atom. The van der Waals surface area contributed by atoms with Crippen molar-refractivity contribution in [3.8, 4) is 0 Å². The number of hydrogen-bond acceptors (Lipinski definition) is 4. The zero-order valence-corrected chi connectivity index (χ0v) is 17.7. The Hall–Kier alpha value is -2.90. The van der Waals surface area contributed by atoms with Crippen molar-refractivity contribution >= 4 is 54.9 Å². The van der Waals surface area contributed by atoms with Gasteiger partial charge in [-0.2, -0.15) is 0 Å². The molecule has 4 aromatic rings. The van der Waals surface area contributed by atoms with Crippen molar-refractivity contribution in [3.05, 3.63) is 87.6 Å². The van der Waals surface area contributed by atoms with E-state index in [0.717, 1.165) is 11.1 Å². The molecule has 0 bridgehead atoms. The van der Waals surface area contributed by atoms with Gasteiger partial charge in [-0.25, -0.2) is 0 Å². The van der Waals surface area contributed by atoms with Crippen LogP contribution in [0, 0.1) is 0 Å². The van der Waals surface area contributed by atoms with E-state index >= 15 is 0 Å². The van der Waals surface area contributed by atoms with Gasteiger partial charge in [0.1, 0.15) is 0 Å². The van der Waals surface area contributed by atoms with Crippen LogP contribution in [0.1, 0.15) is 21.7 Å². The first-order valence-electron chi connectivity index (χ1n) is 8.96. The van der Waals surface area contributed by atoms with E-state index in [1.54, 1.807) is 35.6 Å². The van der Waals surface area contributed by atoms with Gasteiger partial charge in [0.15, 0.2) is 10.4 Å². The summed E-state index contributed by atoms with van der Waals surface area (Å²) in [5, 5.41) is 9.00. The number of fused-ring (bicyclic) bond motifs is 1. The summed E-state index contributed by atoms with van der Waals surface area (Å²) in [6.07, 6.45) is 0.279. The fourth-order valence-corrected chi connectivity index (χ4v) is 4.22. The van der Waals surface area contributed by atoms with E-state index in [1.165, 1.54) is 10.1 Å². The van der Waals surface area contributed by atoms with Crippen LogP contribution in [0.25, 0.3) is 10.1 Å². The molecule has 2 N–H and O–H groups in total. The molecule has 146 valence electrons. The molecule has 0 fully saturated rings. The van der Waals surface area contributed by atoms with Crippen LogP contribution in [0.3, 0.4) is 0 Å². The van der Waals surface area contributed by atoms with Crippen LogP contribution < -0.4 is 10.6 Å². The predicted octanol–water partition coefficient (Wildman–Crippen LogP) is 5.37. The molecule has 0 unspecified atom stereocenters. The highest BCUT2D eigenvalue weighted by atomic mass is 79.9. The third-order valence-corrected chi connectivity index (χ3v) is 5.85. The van der Waals surface area contributed by atoms with Crippen LogP contribution in [0.2, 0.25) is 0 Å². The maximum Gasteiger partial charge on any atom is 0.291 e. The van der Waals surface area contributed by atoms with Crippen LogP contribution in [-0.2, 0) is 17.8 Å². The number of halogens is 1. The Morgan fingerprint density at radius 2 is 1.79 bits per heavy atom. The quantitative estimate of drug-likeness (QED) is 0.399. The lowest BCUT2D eigenvalue weighted by molar-refractivity contribution is -0.120. The molecule has 4 rings (SSSR count). The van der Waals surface area contributed by atoms with Crippen LogP contribution in [0.15, 0.2) is 75.1 Å². The third-order valence-electron chi connectivity index (χ3n) is 4.41. The maximum atomic E-state index is 12.3. The lowest BCUT2D eigenvalue weighted by Gasteiger charge is -2.07. The molecule has 0 aliphatic heterocycles. The second-order valence-electron chi connectivity index (χ2n) is 6.47. The average molecular weight is 469 g/mol. The fourth-order valence-electron chi connectivity index (χ4n) is 2.95. The normalized spacial score (nSPS) is 10.8. The van der Waals surface area contributed by atoms with Gasteiger partial charge in [-0.05, 0) is 68.2 Å². The zero-order valence-electron chi connectivity index (χ0n) is 15.3. The van der Waals surface area contributed by atoms with E-state index in [9.17, 15) is 9.59 Å². The van der Waals surface area contributed by atoms with Crippen molar-refractivity contribution in [1.29, 1.82) is 0 Å². The summed E-state index contributed by atoms with van der Waals surface area (Å²) in [7, 11) is 0. The van der Waals surface area contributed by atoms with Crippen LogP contribution in [0.4, 0.5) is 5.69 Å². The van der Waals surface area contributed by atoms with E-state index in [-0.39, 0.29) is 24.0 Å². The maximum absolute atomic E-state index is 12.3. The molecule has 0 atom stereocenters. The number of thiophene rings is 1. The number of rotatable bonds is 6. The number of nitrogens with one attached hydrogen (secondary N) is 2. The Bertz CT molecular complexity index is 1160. The van der Waals surface area contributed by atoms with Gasteiger partial charge in [-0.1, -0.05) is 30.3 Å². The molecule has 0 saturated heterocycles. The van der Waals surface area contributed by atoms with E-state index in [1.807, 2.05) is 24.3 Å². The van der Waals surface area contributed by atoms with Gasteiger partial charge < -0.3 is 15.1 Å². The third kappa shape index (κ3) is 4.75. The van der Waals surface area contributed by atoms with Gasteiger partial charge >= 0.3 is 0 Å². The van der Waals surface area contributed by atoms with Gasteiger partial charge in [-0.3, -0.25) is 9.59 Å². The van der Waals surface area contributed by atoms with E-state index in [2.05, 4.69) is 44.1 Å². The Balaban J connectivity index is 1.31. The van der Waals surface area contributed by atoms with Crippen molar-refractivity contribution in [2.24, 2.45) is 0 Å². The summed E-state index contributed by atoms with van der Waals surface area (Å²) in [5.41, 5.74) is 2.63. The van der Waals surface area contributed by atoms with Crippen molar-refractivity contribution in [2.75, 3.05) is 5.32 Å². The molecule has 0 aliphatic carbocycles. The Kier molecular flexibility index (Phi) is 5.78. The predicted molar refractivity (Wildman–Crippen MR) is 118 cm³/mol. The summed E-state index contributed by atoms with van der Waals surface area (Å²) in [6, 6.07) is 18.6. The molecule has 7 heteroatoms. The van der Waals surface area contributed by atoms with Gasteiger partial charge in [0, 0.05) is 16.9 Å². The van der Waals surface area contributed by atoms with Crippen LogP contribution in [-0.4, -0.2) is 11.8 Å². The highest BCUT2D eigenvalue weighted by Gasteiger charge is 2.11. The Morgan fingerprint density at radius 3 is 2.55 bits per heavy atom. The van der Waals surface area contributed by atoms with Crippen molar-refractivity contribution in [1.82, 2.24) is 5.32 Å². The van der Waals surface area contributed by atoms with E-state index < -0.39 is 0 Å². The molecular formula is C22H17BrN2O3S. The minimum Gasteiger partial charge on any atom is -0.444 e. The molecule has 2 amide bonds. The van der Waals surface area contributed by atoms with Gasteiger partial charge in [0.2, 0.25) is 5.91 Å². The SMILES string of the molecule is O=C(Cc1ccc(NC(=O)c2ccc(Br)o2)cc1)NCc1csc2ccccc12. The van der Waals surface area contributed by atoms with Gasteiger partial charge in [-0.15, -0.1) is 11.3 Å². The molecule has 2 aromatic carbocycles. The van der Waals surface area contributed by atoms with Crippen molar-refractivity contribution in [2.45, 2.75) is 13.0 Å². The number of anilines is 1. The highest BCUT2D eigenvalue weighted by molar-refractivity contribution is 9.10. The molecule has 2 heterocycles. The molecule has 5 nitrogen and oxygen atoms in total. The van der Waals surface area contributed by atoms with Crippen LogP contribution >= 0.6 is 27.3 Å². The summed E-state index contributed by atoms with van der Waals surface area (Å²) < 4.78 is 6.95. The molecule has 0 radical (unpaired) electrons. The monoisotopic (exact) mass is 468 g/mol. The topological polar surface area (TPSA) is 71.3 Å². The van der Waals surface area contributed by atoms with Gasteiger partial charge in [0.25, 0.3) is 5.91 Å². The van der Waals surface area contributed by atoms with Crippen molar-refractivity contribution in [3.63, 3.8) is 0 Å². The number of furan rings is 1. The molecule has 0 aliphatic rings. The van der Waals surface area contributed by atoms with Crippen LogP contribution in [0.5, 0.6) is 0 Å². The second kappa shape index (κ2) is 8.63. The second-order valence-corrected chi connectivity index (χ2v) is 8.16. The number of carbonyl (C=O) groups excluding carboxylic acids is 2. The smallest absolute Gasteiger partial charge is 0.291 e.